The molecule has 1 aliphatic rings. The number of nitrogens with zero attached hydrogens (tertiary/aromatic N) is 1. The first-order chi connectivity index (χ1) is 17.3. The molecule has 0 bridgehead atoms. The summed E-state index contributed by atoms with van der Waals surface area (Å²) >= 11 is 12.5. The van der Waals surface area contributed by atoms with Gasteiger partial charge in [-0.3, -0.25) is 14.9 Å². The number of anilines is 1. The lowest BCUT2D eigenvalue weighted by atomic mass is 10.1. The van der Waals surface area contributed by atoms with Crippen molar-refractivity contribution in [1.82, 2.24) is 5.32 Å². The van der Waals surface area contributed by atoms with E-state index in [1.165, 1.54) is 43.5 Å². The van der Waals surface area contributed by atoms with E-state index >= 15 is 0 Å². The molecule has 0 aromatic heterocycles. The van der Waals surface area contributed by atoms with Gasteiger partial charge in [0.15, 0.2) is 0 Å². The highest BCUT2D eigenvalue weighted by atomic mass is 35.5. The van der Waals surface area contributed by atoms with Gasteiger partial charge in [-0.25, -0.2) is 14.5 Å². The fraction of sp³-hybridized carbons (Fsp3) is 0.0769. The standard InChI is InChI=1S/C26H18Cl2N2O6/c1-35-25(33)16-7-9-18(10-8-16)30-24(32)19(23(31)29-26(30)34)12-15-6-11-22(21(28)13-15)36-14-17-4-2-3-5-20(17)27/h2-13H,14H2,1H3,(H,29,31,34)/b19-12+. The molecule has 1 N–H and O–H groups in total. The van der Waals surface area contributed by atoms with Crippen molar-refractivity contribution in [2.75, 3.05) is 12.0 Å². The van der Waals surface area contributed by atoms with Crippen LogP contribution < -0.4 is 15.0 Å². The van der Waals surface area contributed by atoms with Crippen LogP contribution in [0.3, 0.4) is 0 Å². The Kier molecular flexibility index (Phi) is 7.38. The zero-order valence-electron chi connectivity index (χ0n) is 18.8. The molecule has 0 spiro atoms. The topological polar surface area (TPSA) is 102 Å². The van der Waals surface area contributed by atoms with Crippen LogP contribution in [0.2, 0.25) is 10.0 Å². The van der Waals surface area contributed by atoms with Crippen molar-refractivity contribution in [3.63, 3.8) is 0 Å². The van der Waals surface area contributed by atoms with Crippen molar-refractivity contribution in [2.24, 2.45) is 0 Å². The van der Waals surface area contributed by atoms with Crippen LogP contribution in [-0.2, 0) is 20.9 Å². The first-order valence-corrected chi connectivity index (χ1v) is 11.3. The number of halogens is 2. The van der Waals surface area contributed by atoms with E-state index in [0.717, 1.165) is 10.5 Å². The molecule has 0 aliphatic carbocycles. The summed E-state index contributed by atoms with van der Waals surface area (Å²) in [5.74, 6) is -1.85. The van der Waals surface area contributed by atoms with Gasteiger partial charge in [0.2, 0.25) is 0 Å². The highest BCUT2D eigenvalue weighted by Crippen LogP contribution is 2.29. The van der Waals surface area contributed by atoms with Crippen LogP contribution in [0.4, 0.5) is 10.5 Å². The number of esters is 1. The normalized spacial score (nSPS) is 14.6. The quantitative estimate of drug-likeness (QED) is 0.275. The highest BCUT2D eigenvalue weighted by Gasteiger charge is 2.36. The van der Waals surface area contributed by atoms with Crippen molar-refractivity contribution in [3.05, 3.63) is 99.0 Å². The van der Waals surface area contributed by atoms with E-state index in [0.29, 0.717) is 16.3 Å². The first kappa shape index (κ1) is 25.0. The van der Waals surface area contributed by atoms with Gasteiger partial charge < -0.3 is 9.47 Å². The average molecular weight is 525 g/mol. The predicted molar refractivity (Wildman–Crippen MR) is 134 cm³/mol. The fourth-order valence-electron chi connectivity index (χ4n) is 3.42. The molecule has 0 radical (unpaired) electrons. The van der Waals surface area contributed by atoms with Gasteiger partial charge in [0.1, 0.15) is 17.9 Å². The molecule has 8 nitrogen and oxygen atoms in total. The Labute approximate surface area is 216 Å². The smallest absolute Gasteiger partial charge is 0.337 e. The minimum atomic E-state index is -0.908. The summed E-state index contributed by atoms with van der Waals surface area (Å²) in [6, 6.07) is 16.7. The van der Waals surface area contributed by atoms with E-state index in [9.17, 15) is 19.2 Å². The van der Waals surface area contributed by atoms with Gasteiger partial charge in [-0.1, -0.05) is 47.5 Å². The van der Waals surface area contributed by atoms with E-state index in [2.05, 4.69) is 10.1 Å². The van der Waals surface area contributed by atoms with Crippen LogP contribution in [0.15, 0.2) is 72.3 Å². The molecule has 0 saturated carbocycles. The molecule has 0 unspecified atom stereocenters. The molecule has 1 fully saturated rings. The molecule has 4 rings (SSSR count). The summed E-state index contributed by atoms with van der Waals surface area (Å²) in [6.45, 7) is 0.201. The van der Waals surface area contributed by atoms with Crippen molar-refractivity contribution in [3.8, 4) is 5.75 Å². The molecule has 3 aromatic rings. The van der Waals surface area contributed by atoms with E-state index < -0.39 is 23.8 Å². The molecule has 10 heteroatoms. The summed E-state index contributed by atoms with van der Waals surface area (Å²) < 4.78 is 10.4. The number of carbonyl (C=O) groups is 4. The Hall–Kier alpha value is -4.14. The van der Waals surface area contributed by atoms with Crippen LogP contribution in [0.25, 0.3) is 6.08 Å². The first-order valence-electron chi connectivity index (χ1n) is 10.5. The van der Waals surface area contributed by atoms with Crippen LogP contribution >= 0.6 is 23.2 Å². The molecule has 1 aliphatic heterocycles. The molecule has 0 atom stereocenters. The number of imide groups is 2. The lowest BCUT2D eigenvalue weighted by molar-refractivity contribution is -0.122. The minimum absolute atomic E-state index is 0.171. The molecule has 3 aromatic carbocycles. The highest BCUT2D eigenvalue weighted by molar-refractivity contribution is 6.39. The van der Waals surface area contributed by atoms with Crippen molar-refractivity contribution in [2.45, 2.75) is 6.61 Å². The summed E-state index contributed by atoms with van der Waals surface area (Å²) in [4.78, 5) is 50.4. The number of nitrogens with one attached hydrogen (secondary N) is 1. The van der Waals surface area contributed by atoms with Gasteiger partial charge >= 0.3 is 12.0 Å². The fourth-order valence-corrected chi connectivity index (χ4v) is 3.85. The Morgan fingerprint density at radius 1 is 0.972 bits per heavy atom. The molecule has 1 heterocycles. The molecule has 1 saturated heterocycles. The van der Waals surface area contributed by atoms with E-state index in [1.807, 2.05) is 18.2 Å². The second-order valence-electron chi connectivity index (χ2n) is 7.57. The predicted octanol–water partition coefficient (Wildman–Crippen LogP) is 5.03. The van der Waals surface area contributed by atoms with Crippen LogP contribution in [-0.4, -0.2) is 30.9 Å². The SMILES string of the molecule is COC(=O)c1ccc(N2C(=O)NC(=O)/C(=C\c3ccc(OCc4ccccc4Cl)c(Cl)c3)C2=O)cc1. The lowest BCUT2D eigenvalue weighted by Gasteiger charge is -2.26. The van der Waals surface area contributed by atoms with Gasteiger partial charge in [0.25, 0.3) is 11.8 Å². The lowest BCUT2D eigenvalue weighted by Crippen LogP contribution is -2.54. The molecular weight excluding hydrogens is 507 g/mol. The largest absolute Gasteiger partial charge is 0.487 e. The third-order valence-electron chi connectivity index (χ3n) is 5.26. The monoisotopic (exact) mass is 524 g/mol. The van der Waals surface area contributed by atoms with Crippen molar-refractivity contribution >= 4 is 58.8 Å². The Morgan fingerprint density at radius 3 is 2.36 bits per heavy atom. The Balaban J connectivity index is 1.55. The maximum Gasteiger partial charge on any atom is 0.337 e. The Bertz CT molecular complexity index is 1400. The number of ether oxygens (including phenoxy) is 2. The third kappa shape index (κ3) is 5.25. The van der Waals surface area contributed by atoms with E-state index in [4.69, 9.17) is 27.9 Å². The van der Waals surface area contributed by atoms with Crippen molar-refractivity contribution < 1.29 is 28.7 Å². The zero-order chi connectivity index (χ0) is 25.8. The number of barbiturate groups is 1. The number of hydrogen-bond donors (Lipinski definition) is 1. The van der Waals surface area contributed by atoms with E-state index in [-0.39, 0.29) is 28.5 Å². The molecule has 182 valence electrons. The number of amides is 4. The van der Waals surface area contributed by atoms with E-state index in [1.54, 1.807) is 18.2 Å². The summed E-state index contributed by atoms with van der Waals surface area (Å²) in [7, 11) is 1.24. The number of urea groups is 1. The maximum atomic E-state index is 13.1. The van der Waals surface area contributed by atoms with Gasteiger partial charge in [-0.15, -0.1) is 0 Å². The number of hydrogen-bond acceptors (Lipinski definition) is 6. The number of rotatable bonds is 6. The summed E-state index contributed by atoms with van der Waals surface area (Å²) in [5.41, 5.74) is 1.37. The van der Waals surface area contributed by atoms with Gasteiger partial charge in [-0.2, -0.15) is 0 Å². The second kappa shape index (κ2) is 10.6. The van der Waals surface area contributed by atoms with Gasteiger partial charge in [-0.05, 0) is 54.1 Å². The number of methoxy groups -OCH3 is 1. The van der Waals surface area contributed by atoms with Crippen LogP contribution in [0, 0.1) is 0 Å². The summed E-state index contributed by atoms with van der Waals surface area (Å²) in [5, 5.41) is 2.97. The minimum Gasteiger partial charge on any atom is -0.487 e. The number of carbonyl (C=O) groups excluding carboxylic acids is 4. The maximum absolute atomic E-state index is 13.1. The van der Waals surface area contributed by atoms with Crippen LogP contribution in [0.1, 0.15) is 21.5 Å². The zero-order valence-corrected chi connectivity index (χ0v) is 20.3. The van der Waals surface area contributed by atoms with Crippen molar-refractivity contribution in [1.29, 1.82) is 0 Å². The summed E-state index contributed by atoms with van der Waals surface area (Å²) in [6.07, 6.45) is 1.32. The Morgan fingerprint density at radius 2 is 1.69 bits per heavy atom. The van der Waals surface area contributed by atoms with Crippen LogP contribution in [0.5, 0.6) is 5.75 Å². The third-order valence-corrected chi connectivity index (χ3v) is 5.92. The average Bonchev–Trinajstić information content (AvgIpc) is 2.86. The molecular formula is C26H18Cl2N2O6. The second-order valence-corrected chi connectivity index (χ2v) is 8.38. The molecule has 36 heavy (non-hydrogen) atoms. The molecule has 4 amide bonds. The van der Waals surface area contributed by atoms with Gasteiger partial charge in [0, 0.05) is 10.6 Å². The number of benzene rings is 3. The van der Waals surface area contributed by atoms with Gasteiger partial charge in [0.05, 0.1) is 23.4 Å².